The van der Waals surface area contributed by atoms with Crippen molar-refractivity contribution >= 4 is 28.3 Å². The number of nitrogens with zero attached hydrogens (tertiary/aromatic N) is 2. The second-order valence-electron chi connectivity index (χ2n) is 7.21. The van der Waals surface area contributed by atoms with E-state index in [1.807, 2.05) is 49.9 Å². The molecule has 1 aromatic carbocycles. The summed E-state index contributed by atoms with van der Waals surface area (Å²) in [5.74, 6) is 0.961. The smallest absolute Gasteiger partial charge is 0.264 e. The number of anilines is 1. The zero-order chi connectivity index (χ0) is 19.4. The molecule has 0 atom stereocenters. The van der Waals surface area contributed by atoms with Gasteiger partial charge in [0.05, 0.1) is 12.2 Å². The minimum absolute atomic E-state index is 0.0628. The van der Waals surface area contributed by atoms with Crippen molar-refractivity contribution in [1.82, 2.24) is 9.88 Å². The number of carbonyl (C=O) groups excluding carboxylic acids is 2. The van der Waals surface area contributed by atoms with Crippen molar-refractivity contribution in [3.63, 3.8) is 0 Å². The standard InChI is InChI=1S/C20H25N3O3S/c1-13(2)9-19(25)23-8-7-16-17(11-23)27-20(21-16)22-18(24)12-26-15-6-4-5-14(3)10-15/h4-6,10,13H,7-9,11-12H2,1-3H3,(H,21,22,24). The Hall–Kier alpha value is -2.41. The van der Waals surface area contributed by atoms with Crippen molar-refractivity contribution in [2.45, 2.75) is 40.2 Å². The van der Waals surface area contributed by atoms with Crippen molar-refractivity contribution in [1.29, 1.82) is 0 Å². The van der Waals surface area contributed by atoms with Crippen LogP contribution in [0.4, 0.5) is 5.13 Å². The zero-order valence-electron chi connectivity index (χ0n) is 15.9. The van der Waals surface area contributed by atoms with Gasteiger partial charge in [0.25, 0.3) is 5.91 Å². The lowest BCUT2D eigenvalue weighted by atomic mass is 10.1. The molecule has 6 nitrogen and oxygen atoms in total. The fraction of sp³-hybridized carbons (Fsp3) is 0.450. The summed E-state index contributed by atoms with van der Waals surface area (Å²) in [6.07, 6.45) is 1.29. The highest BCUT2D eigenvalue weighted by Gasteiger charge is 2.24. The first-order chi connectivity index (χ1) is 12.9. The van der Waals surface area contributed by atoms with Crippen LogP contribution in [-0.2, 0) is 22.6 Å². The van der Waals surface area contributed by atoms with Crippen LogP contribution in [0, 0.1) is 12.8 Å². The molecule has 2 heterocycles. The number of aromatic nitrogens is 1. The summed E-state index contributed by atoms with van der Waals surface area (Å²) < 4.78 is 5.52. The van der Waals surface area contributed by atoms with Gasteiger partial charge in [-0.25, -0.2) is 4.98 Å². The Morgan fingerprint density at radius 2 is 2.19 bits per heavy atom. The molecule has 2 aromatic rings. The molecule has 0 fully saturated rings. The van der Waals surface area contributed by atoms with Crippen LogP contribution in [0.2, 0.25) is 0 Å². The molecular weight excluding hydrogens is 362 g/mol. The molecule has 7 heteroatoms. The summed E-state index contributed by atoms with van der Waals surface area (Å²) in [5.41, 5.74) is 2.06. The van der Waals surface area contributed by atoms with Crippen LogP contribution in [0.5, 0.6) is 5.75 Å². The second-order valence-corrected chi connectivity index (χ2v) is 8.29. The Morgan fingerprint density at radius 1 is 1.37 bits per heavy atom. The largest absolute Gasteiger partial charge is 0.484 e. The van der Waals surface area contributed by atoms with Gasteiger partial charge in [-0.2, -0.15) is 0 Å². The minimum Gasteiger partial charge on any atom is -0.484 e. The van der Waals surface area contributed by atoms with Crippen LogP contribution in [0.1, 0.15) is 36.4 Å². The molecule has 1 N–H and O–H groups in total. The zero-order valence-corrected chi connectivity index (χ0v) is 16.8. The predicted octanol–water partition coefficient (Wildman–Crippen LogP) is 3.40. The van der Waals surface area contributed by atoms with E-state index in [0.717, 1.165) is 22.6 Å². The Kier molecular flexibility index (Phi) is 6.11. The van der Waals surface area contributed by atoms with Crippen molar-refractivity contribution < 1.29 is 14.3 Å². The van der Waals surface area contributed by atoms with E-state index in [1.165, 1.54) is 11.3 Å². The number of carbonyl (C=O) groups is 2. The topological polar surface area (TPSA) is 71.5 Å². The third-order valence-corrected chi connectivity index (χ3v) is 5.27. The van der Waals surface area contributed by atoms with Crippen LogP contribution >= 0.6 is 11.3 Å². The molecule has 0 bridgehead atoms. The highest BCUT2D eigenvalue weighted by atomic mass is 32.1. The molecule has 0 unspecified atom stereocenters. The van der Waals surface area contributed by atoms with Gasteiger partial charge in [0.15, 0.2) is 11.7 Å². The SMILES string of the molecule is Cc1cccc(OCC(=O)Nc2nc3c(s2)CN(C(=O)CC(C)C)CC3)c1. The van der Waals surface area contributed by atoms with Crippen molar-refractivity contribution in [3.8, 4) is 5.75 Å². The van der Waals surface area contributed by atoms with Gasteiger partial charge in [-0.3, -0.25) is 14.9 Å². The molecule has 3 rings (SSSR count). The van der Waals surface area contributed by atoms with Crippen molar-refractivity contribution in [2.24, 2.45) is 5.92 Å². The average molecular weight is 388 g/mol. The number of nitrogens with one attached hydrogen (secondary N) is 1. The molecule has 0 aliphatic carbocycles. The first-order valence-electron chi connectivity index (χ1n) is 9.16. The van der Waals surface area contributed by atoms with E-state index in [2.05, 4.69) is 10.3 Å². The van der Waals surface area contributed by atoms with Gasteiger partial charge in [0.2, 0.25) is 5.91 Å². The fourth-order valence-corrected chi connectivity index (χ4v) is 3.99. The maximum Gasteiger partial charge on any atom is 0.264 e. The Balaban J connectivity index is 1.54. The molecule has 1 aliphatic heterocycles. The monoisotopic (exact) mass is 387 g/mol. The van der Waals surface area contributed by atoms with Gasteiger partial charge in [-0.15, -0.1) is 0 Å². The highest BCUT2D eigenvalue weighted by molar-refractivity contribution is 7.15. The molecular formula is C20H25N3O3S. The van der Waals surface area contributed by atoms with E-state index in [1.54, 1.807) is 0 Å². The minimum atomic E-state index is -0.240. The number of ether oxygens (including phenoxy) is 1. The maximum absolute atomic E-state index is 12.3. The number of thiazole rings is 1. The molecule has 27 heavy (non-hydrogen) atoms. The number of aryl methyl sites for hydroxylation is 1. The Bertz CT molecular complexity index is 832. The number of hydrogen-bond donors (Lipinski definition) is 1. The summed E-state index contributed by atoms with van der Waals surface area (Å²) in [4.78, 5) is 31.9. The fourth-order valence-electron chi connectivity index (χ4n) is 2.95. The van der Waals surface area contributed by atoms with Crippen LogP contribution in [0.15, 0.2) is 24.3 Å². The van der Waals surface area contributed by atoms with Crippen molar-refractivity contribution in [2.75, 3.05) is 18.5 Å². The van der Waals surface area contributed by atoms with Crippen LogP contribution < -0.4 is 10.1 Å². The third-order valence-electron chi connectivity index (χ3n) is 4.27. The number of rotatable bonds is 6. The summed E-state index contributed by atoms with van der Waals surface area (Å²) in [6, 6.07) is 7.58. The molecule has 0 radical (unpaired) electrons. The Morgan fingerprint density at radius 3 is 2.93 bits per heavy atom. The third kappa shape index (κ3) is 5.29. The van der Waals surface area contributed by atoms with E-state index >= 15 is 0 Å². The summed E-state index contributed by atoms with van der Waals surface area (Å²) in [5, 5.41) is 3.37. The van der Waals surface area contributed by atoms with Gasteiger partial charge in [0, 0.05) is 24.3 Å². The quantitative estimate of drug-likeness (QED) is 0.825. The van der Waals surface area contributed by atoms with Crippen LogP contribution in [-0.4, -0.2) is 34.8 Å². The van der Waals surface area contributed by atoms with E-state index in [4.69, 9.17) is 4.74 Å². The first-order valence-corrected chi connectivity index (χ1v) is 9.98. The lowest BCUT2D eigenvalue weighted by molar-refractivity contribution is -0.132. The van der Waals surface area contributed by atoms with E-state index in [0.29, 0.717) is 36.3 Å². The molecule has 1 aliphatic rings. The lowest BCUT2D eigenvalue weighted by Crippen LogP contribution is -2.36. The molecule has 0 spiro atoms. The molecule has 1 aromatic heterocycles. The van der Waals surface area contributed by atoms with Gasteiger partial charge in [0.1, 0.15) is 5.75 Å². The van der Waals surface area contributed by atoms with Gasteiger partial charge >= 0.3 is 0 Å². The van der Waals surface area contributed by atoms with Crippen molar-refractivity contribution in [3.05, 3.63) is 40.4 Å². The average Bonchev–Trinajstić information content (AvgIpc) is 3.00. The first kappa shape index (κ1) is 19.4. The van der Waals surface area contributed by atoms with Gasteiger partial charge in [-0.1, -0.05) is 37.3 Å². The number of amides is 2. The maximum atomic E-state index is 12.3. The molecule has 2 amide bonds. The molecule has 144 valence electrons. The predicted molar refractivity (Wildman–Crippen MR) is 106 cm³/mol. The number of hydrogen-bond acceptors (Lipinski definition) is 5. The lowest BCUT2D eigenvalue weighted by Gasteiger charge is -2.26. The van der Waals surface area contributed by atoms with Crippen LogP contribution in [0.3, 0.4) is 0 Å². The second kappa shape index (κ2) is 8.52. The van der Waals surface area contributed by atoms with Gasteiger partial charge in [-0.05, 0) is 30.5 Å². The van der Waals surface area contributed by atoms with E-state index in [9.17, 15) is 9.59 Å². The summed E-state index contributed by atoms with van der Waals surface area (Å²) >= 11 is 1.44. The number of fused-ring (bicyclic) bond motifs is 1. The van der Waals surface area contributed by atoms with E-state index in [-0.39, 0.29) is 18.4 Å². The van der Waals surface area contributed by atoms with Gasteiger partial charge < -0.3 is 9.64 Å². The number of benzene rings is 1. The molecule has 0 saturated heterocycles. The summed E-state index contributed by atoms with van der Waals surface area (Å²) in [7, 11) is 0. The highest BCUT2D eigenvalue weighted by Crippen LogP contribution is 2.29. The molecule has 0 saturated carbocycles. The normalized spacial score (nSPS) is 13.4. The summed E-state index contributed by atoms with van der Waals surface area (Å²) in [6.45, 7) is 7.27. The Labute approximate surface area is 163 Å². The van der Waals surface area contributed by atoms with Crippen LogP contribution in [0.25, 0.3) is 0 Å². The van der Waals surface area contributed by atoms with E-state index < -0.39 is 0 Å².